The number of ether oxygens (including phenoxy) is 2. The summed E-state index contributed by atoms with van der Waals surface area (Å²) in [5.41, 5.74) is 2.35. The molecule has 2 N–H and O–H groups in total. The van der Waals surface area contributed by atoms with Gasteiger partial charge in [-0.3, -0.25) is 9.78 Å². The number of carbonyl (C=O) groups excluding carboxylic acids is 1. The van der Waals surface area contributed by atoms with Crippen LogP contribution >= 0.6 is 0 Å². The minimum absolute atomic E-state index is 0.0630. The Morgan fingerprint density at radius 1 is 1.00 bits per heavy atom. The Labute approximate surface area is 217 Å². The van der Waals surface area contributed by atoms with Crippen molar-refractivity contribution in [2.45, 2.75) is 19.4 Å². The molecule has 7 heteroatoms. The molecular weight excluding hydrogens is 466 g/mol. The molecule has 4 aromatic rings. The third kappa shape index (κ3) is 7.06. The molecular formula is C30H33N3O4. The van der Waals surface area contributed by atoms with E-state index in [1.165, 1.54) is 0 Å². The maximum atomic E-state index is 12.8. The van der Waals surface area contributed by atoms with Crippen LogP contribution in [0.1, 0.15) is 22.8 Å². The zero-order valence-electron chi connectivity index (χ0n) is 21.3. The van der Waals surface area contributed by atoms with Crippen molar-refractivity contribution in [3.63, 3.8) is 0 Å². The van der Waals surface area contributed by atoms with Gasteiger partial charge in [-0.2, -0.15) is 0 Å². The van der Waals surface area contributed by atoms with Gasteiger partial charge in [0.25, 0.3) is 5.91 Å². The maximum absolute atomic E-state index is 12.8. The monoisotopic (exact) mass is 499 g/mol. The van der Waals surface area contributed by atoms with Gasteiger partial charge in [-0.15, -0.1) is 0 Å². The number of nitrogens with one attached hydrogen (secondary N) is 1. The van der Waals surface area contributed by atoms with Gasteiger partial charge < -0.3 is 24.8 Å². The standard InChI is InChI=1S/C30H33N3O4/c1-3-33(2)30(35)27-11-7-10-26-28(17-19-32-29(26)27)37-25-14-12-22(13-15-25)16-18-31-20-23(34)21-36-24-8-5-4-6-9-24/h4-15,17,19,23,31,34H,3,16,18,20-21H2,1-2H3/t23-/m0/s1. The smallest absolute Gasteiger partial charge is 0.255 e. The van der Waals surface area contributed by atoms with Gasteiger partial charge in [0.15, 0.2) is 0 Å². The van der Waals surface area contributed by atoms with E-state index in [1.807, 2.05) is 79.7 Å². The van der Waals surface area contributed by atoms with Gasteiger partial charge in [-0.25, -0.2) is 0 Å². The van der Waals surface area contributed by atoms with E-state index in [0.29, 0.717) is 35.7 Å². The number of amides is 1. The minimum Gasteiger partial charge on any atom is -0.491 e. The zero-order chi connectivity index (χ0) is 26.0. The van der Waals surface area contributed by atoms with Crippen molar-refractivity contribution >= 4 is 16.8 Å². The summed E-state index contributed by atoms with van der Waals surface area (Å²) in [7, 11) is 1.78. The van der Waals surface area contributed by atoms with Gasteiger partial charge in [0.1, 0.15) is 30.0 Å². The van der Waals surface area contributed by atoms with Gasteiger partial charge in [0.2, 0.25) is 0 Å². The van der Waals surface area contributed by atoms with Crippen LogP contribution in [0.3, 0.4) is 0 Å². The predicted octanol–water partition coefficient (Wildman–Crippen LogP) is 4.69. The number of hydrogen-bond donors (Lipinski definition) is 2. The van der Waals surface area contributed by atoms with E-state index in [-0.39, 0.29) is 12.5 Å². The molecule has 1 aromatic heterocycles. The molecule has 0 radical (unpaired) electrons. The molecule has 4 rings (SSSR count). The van der Waals surface area contributed by atoms with E-state index < -0.39 is 6.10 Å². The Balaban J connectivity index is 1.29. The zero-order valence-corrected chi connectivity index (χ0v) is 21.3. The Bertz CT molecular complexity index is 1300. The van der Waals surface area contributed by atoms with E-state index in [1.54, 1.807) is 24.2 Å². The molecule has 0 aliphatic carbocycles. The average Bonchev–Trinajstić information content (AvgIpc) is 2.94. The van der Waals surface area contributed by atoms with E-state index in [9.17, 15) is 9.90 Å². The summed E-state index contributed by atoms with van der Waals surface area (Å²) in [4.78, 5) is 18.9. The van der Waals surface area contributed by atoms with Gasteiger partial charge in [-0.1, -0.05) is 36.4 Å². The molecule has 37 heavy (non-hydrogen) atoms. The van der Waals surface area contributed by atoms with Crippen molar-refractivity contribution in [2.24, 2.45) is 0 Å². The highest BCUT2D eigenvalue weighted by Gasteiger charge is 2.16. The first kappa shape index (κ1) is 26.1. The summed E-state index contributed by atoms with van der Waals surface area (Å²) in [5.74, 6) is 2.05. The number of carbonyl (C=O) groups is 1. The molecule has 192 valence electrons. The van der Waals surface area contributed by atoms with Crippen LogP contribution in [0.2, 0.25) is 0 Å². The molecule has 0 saturated carbocycles. The Morgan fingerprint density at radius 2 is 1.78 bits per heavy atom. The molecule has 7 nitrogen and oxygen atoms in total. The molecule has 0 saturated heterocycles. The molecule has 0 spiro atoms. The van der Waals surface area contributed by atoms with Crippen molar-refractivity contribution < 1.29 is 19.4 Å². The average molecular weight is 500 g/mol. The number of nitrogens with zero attached hydrogens (tertiary/aromatic N) is 2. The topological polar surface area (TPSA) is 83.9 Å². The second kappa shape index (κ2) is 12.9. The summed E-state index contributed by atoms with van der Waals surface area (Å²) in [5, 5.41) is 14.2. The number of aliphatic hydroxyl groups is 1. The Kier molecular flexibility index (Phi) is 9.08. The minimum atomic E-state index is -0.579. The SMILES string of the molecule is CCN(C)C(=O)c1cccc2c(Oc3ccc(CCNC[C@H](O)COc4ccccc4)cc3)ccnc12. The summed E-state index contributed by atoms with van der Waals surface area (Å²) >= 11 is 0. The van der Waals surface area contributed by atoms with Crippen molar-refractivity contribution in [3.05, 3.63) is 96.2 Å². The number of fused-ring (bicyclic) bond motifs is 1. The van der Waals surface area contributed by atoms with Crippen molar-refractivity contribution in [3.8, 4) is 17.2 Å². The van der Waals surface area contributed by atoms with Crippen molar-refractivity contribution in [1.29, 1.82) is 0 Å². The molecule has 0 bridgehead atoms. The van der Waals surface area contributed by atoms with Gasteiger partial charge in [-0.05, 0) is 67.9 Å². The number of rotatable bonds is 12. The van der Waals surface area contributed by atoms with E-state index in [2.05, 4.69) is 10.3 Å². The second-order valence-electron chi connectivity index (χ2n) is 8.81. The third-order valence-corrected chi connectivity index (χ3v) is 6.09. The molecule has 3 aromatic carbocycles. The molecule has 1 atom stereocenters. The van der Waals surface area contributed by atoms with Crippen LogP contribution in [0.4, 0.5) is 0 Å². The number of hydrogen-bond acceptors (Lipinski definition) is 6. The van der Waals surface area contributed by atoms with Crippen LogP contribution in [0.5, 0.6) is 17.2 Å². The van der Waals surface area contributed by atoms with Crippen LogP contribution < -0.4 is 14.8 Å². The first-order chi connectivity index (χ1) is 18.0. The van der Waals surface area contributed by atoms with Crippen LogP contribution in [0.25, 0.3) is 10.9 Å². The number of pyridine rings is 1. The van der Waals surface area contributed by atoms with Crippen LogP contribution in [0.15, 0.2) is 85.1 Å². The second-order valence-corrected chi connectivity index (χ2v) is 8.81. The lowest BCUT2D eigenvalue weighted by molar-refractivity contribution is 0.0804. The van der Waals surface area contributed by atoms with Gasteiger partial charge in [0, 0.05) is 31.7 Å². The van der Waals surface area contributed by atoms with Crippen LogP contribution in [-0.2, 0) is 6.42 Å². The fourth-order valence-electron chi connectivity index (χ4n) is 3.88. The van der Waals surface area contributed by atoms with E-state index in [4.69, 9.17) is 9.47 Å². The molecule has 1 heterocycles. The summed E-state index contributed by atoms with van der Waals surface area (Å²) in [6.07, 6.45) is 1.91. The quantitative estimate of drug-likeness (QED) is 0.275. The van der Waals surface area contributed by atoms with Gasteiger partial charge >= 0.3 is 0 Å². The first-order valence-electron chi connectivity index (χ1n) is 12.5. The van der Waals surface area contributed by atoms with Crippen molar-refractivity contribution in [1.82, 2.24) is 15.2 Å². The number of para-hydroxylation sites is 2. The van der Waals surface area contributed by atoms with E-state index >= 15 is 0 Å². The Morgan fingerprint density at radius 3 is 2.54 bits per heavy atom. The highest BCUT2D eigenvalue weighted by molar-refractivity contribution is 6.06. The maximum Gasteiger partial charge on any atom is 0.255 e. The molecule has 0 fully saturated rings. The molecule has 0 unspecified atom stereocenters. The normalized spacial score (nSPS) is 11.8. The largest absolute Gasteiger partial charge is 0.491 e. The van der Waals surface area contributed by atoms with Crippen LogP contribution in [0, 0.1) is 0 Å². The molecule has 0 aliphatic heterocycles. The molecule has 1 amide bonds. The highest BCUT2D eigenvalue weighted by Crippen LogP contribution is 2.30. The van der Waals surface area contributed by atoms with Crippen LogP contribution in [-0.4, -0.2) is 60.3 Å². The first-order valence-corrected chi connectivity index (χ1v) is 12.5. The third-order valence-electron chi connectivity index (χ3n) is 6.09. The predicted molar refractivity (Wildman–Crippen MR) is 145 cm³/mol. The Hall–Kier alpha value is -3.94. The molecule has 0 aliphatic rings. The summed E-state index contributed by atoms with van der Waals surface area (Å²) in [6, 6.07) is 24.8. The summed E-state index contributed by atoms with van der Waals surface area (Å²) in [6.45, 7) is 4.01. The summed E-state index contributed by atoms with van der Waals surface area (Å²) < 4.78 is 11.7. The lowest BCUT2D eigenvalue weighted by atomic mass is 10.1. The number of aliphatic hydroxyl groups excluding tert-OH is 1. The highest BCUT2D eigenvalue weighted by atomic mass is 16.5. The lowest BCUT2D eigenvalue weighted by Crippen LogP contribution is -2.32. The fraction of sp³-hybridized carbons (Fsp3) is 0.267. The fourth-order valence-corrected chi connectivity index (χ4v) is 3.88. The number of benzene rings is 3. The van der Waals surface area contributed by atoms with Crippen molar-refractivity contribution in [2.75, 3.05) is 33.3 Å². The lowest BCUT2D eigenvalue weighted by Gasteiger charge is -2.16. The van der Waals surface area contributed by atoms with Gasteiger partial charge in [0.05, 0.1) is 11.1 Å². The number of aromatic nitrogens is 1. The van der Waals surface area contributed by atoms with E-state index in [0.717, 1.165) is 29.7 Å².